The first-order valence-electron chi connectivity index (χ1n) is 11.7. The minimum absolute atomic E-state index is 0.0498. The number of fused-ring (bicyclic) bond motifs is 5. The standard InChI is InChI=1S/C30H25F3NS/c1-17-21-8-6-5-7-19(21)14-24-26(17)28-27-22(11-12-34(28)4)23-13-18(16-29(2,3)30(31,32)33)9-10-20(23)15-25(27)35-24/h5-15H,16H2,1-4H3/q+1. The largest absolute Gasteiger partial charge is 0.394 e. The summed E-state index contributed by atoms with van der Waals surface area (Å²) in [7, 11) is 2.07. The van der Waals surface area contributed by atoms with Crippen LogP contribution in [0, 0.1) is 12.3 Å². The van der Waals surface area contributed by atoms with Crippen LogP contribution in [-0.2, 0) is 13.5 Å². The van der Waals surface area contributed by atoms with Crippen LogP contribution >= 0.6 is 11.8 Å². The summed E-state index contributed by atoms with van der Waals surface area (Å²) >= 11 is 1.78. The summed E-state index contributed by atoms with van der Waals surface area (Å²) in [6.45, 7) is 4.73. The van der Waals surface area contributed by atoms with Gasteiger partial charge < -0.3 is 0 Å². The van der Waals surface area contributed by atoms with Crippen LogP contribution in [0.1, 0.15) is 25.0 Å². The van der Waals surface area contributed by atoms with Crippen molar-refractivity contribution < 1.29 is 17.7 Å². The van der Waals surface area contributed by atoms with Gasteiger partial charge in [-0.15, -0.1) is 0 Å². The van der Waals surface area contributed by atoms with Gasteiger partial charge in [-0.05, 0) is 58.1 Å². The highest BCUT2D eigenvalue weighted by Crippen LogP contribution is 2.51. The van der Waals surface area contributed by atoms with E-state index in [1.165, 1.54) is 50.9 Å². The highest BCUT2D eigenvalue weighted by Gasteiger charge is 2.47. The van der Waals surface area contributed by atoms with Crippen molar-refractivity contribution in [3.8, 4) is 11.3 Å². The molecule has 0 unspecified atom stereocenters. The van der Waals surface area contributed by atoms with Gasteiger partial charge in [-0.1, -0.05) is 68.1 Å². The highest BCUT2D eigenvalue weighted by molar-refractivity contribution is 7.99. The highest BCUT2D eigenvalue weighted by atomic mass is 32.2. The van der Waals surface area contributed by atoms with Crippen molar-refractivity contribution >= 4 is 44.1 Å². The van der Waals surface area contributed by atoms with Gasteiger partial charge in [0.1, 0.15) is 7.05 Å². The number of rotatable bonds is 2. The topological polar surface area (TPSA) is 3.88 Å². The third kappa shape index (κ3) is 3.35. The van der Waals surface area contributed by atoms with E-state index in [0.29, 0.717) is 5.56 Å². The number of benzene rings is 4. The normalized spacial score (nSPS) is 13.6. The van der Waals surface area contributed by atoms with Crippen LogP contribution in [0.4, 0.5) is 13.2 Å². The Kier molecular flexibility index (Phi) is 4.79. The molecule has 0 saturated carbocycles. The average molecular weight is 489 g/mol. The van der Waals surface area contributed by atoms with Gasteiger partial charge in [0, 0.05) is 21.2 Å². The molecule has 1 aromatic heterocycles. The molecule has 0 spiro atoms. The Morgan fingerprint density at radius 2 is 1.54 bits per heavy atom. The molecule has 0 aliphatic carbocycles. The van der Waals surface area contributed by atoms with E-state index in [1.54, 1.807) is 11.8 Å². The molecule has 2 heterocycles. The van der Waals surface area contributed by atoms with Crippen LogP contribution in [0.3, 0.4) is 0 Å². The summed E-state index contributed by atoms with van der Waals surface area (Å²) in [4.78, 5) is 2.42. The number of alkyl halides is 3. The smallest absolute Gasteiger partial charge is 0.200 e. The molecule has 5 heteroatoms. The van der Waals surface area contributed by atoms with Gasteiger partial charge in [-0.2, -0.15) is 13.2 Å². The van der Waals surface area contributed by atoms with Crippen LogP contribution in [0.15, 0.2) is 76.7 Å². The minimum Gasteiger partial charge on any atom is -0.200 e. The third-order valence-corrected chi connectivity index (χ3v) is 8.49. The van der Waals surface area contributed by atoms with Crippen LogP contribution < -0.4 is 4.57 Å². The first kappa shape index (κ1) is 22.4. The lowest BCUT2D eigenvalue weighted by atomic mass is 9.84. The van der Waals surface area contributed by atoms with Crippen molar-refractivity contribution in [2.75, 3.05) is 0 Å². The maximum absolute atomic E-state index is 13.6. The first-order chi connectivity index (χ1) is 16.5. The quantitative estimate of drug-likeness (QED) is 0.174. The zero-order valence-electron chi connectivity index (χ0n) is 20.0. The van der Waals surface area contributed by atoms with Gasteiger partial charge in [-0.3, -0.25) is 0 Å². The molecule has 0 bridgehead atoms. The number of pyridine rings is 1. The number of hydrogen-bond acceptors (Lipinski definition) is 1. The molecule has 35 heavy (non-hydrogen) atoms. The molecule has 0 saturated heterocycles. The first-order valence-corrected chi connectivity index (χ1v) is 12.5. The fourth-order valence-electron chi connectivity index (χ4n) is 5.39. The van der Waals surface area contributed by atoms with Gasteiger partial charge in [0.05, 0.1) is 16.4 Å². The van der Waals surface area contributed by atoms with Gasteiger partial charge >= 0.3 is 6.18 Å². The van der Waals surface area contributed by atoms with E-state index in [1.807, 2.05) is 18.2 Å². The SMILES string of the molecule is Cc1c2c(cc3ccccc13)Sc1cc3ccc(CC(C)(C)C(F)(F)F)cc3c3cc[n+](C)c-2c13. The molecular formula is C30H25F3NS+. The van der Waals surface area contributed by atoms with E-state index in [0.717, 1.165) is 21.9 Å². The molecule has 5 aromatic rings. The van der Waals surface area contributed by atoms with Gasteiger partial charge in [-0.25, -0.2) is 4.57 Å². The maximum Gasteiger partial charge on any atom is 0.394 e. The molecule has 6 rings (SSSR count). The molecule has 176 valence electrons. The fraction of sp³-hybridized carbons (Fsp3) is 0.233. The zero-order valence-corrected chi connectivity index (χ0v) is 20.9. The Morgan fingerprint density at radius 3 is 2.31 bits per heavy atom. The summed E-state index contributed by atoms with van der Waals surface area (Å²) < 4.78 is 42.9. The van der Waals surface area contributed by atoms with Crippen LogP contribution in [0.2, 0.25) is 0 Å². The number of nitrogens with zero attached hydrogens (tertiary/aromatic N) is 1. The van der Waals surface area contributed by atoms with E-state index in [4.69, 9.17) is 0 Å². The molecule has 0 radical (unpaired) electrons. The van der Waals surface area contributed by atoms with E-state index in [9.17, 15) is 13.2 Å². The lowest BCUT2D eigenvalue weighted by Crippen LogP contribution is -2.34. The number of hydrogen-bond donors (Lipinski definition) is 0. The molecule has 4 aromatic carbocycles. The second-order valence-electron chi connectivity index (χ2n) is 10.3. The summed E-state index contributed by atoms with van der Waals surface area (Å²) in [6.07, 6.45) is -2.23. The summed E-state index contributed by atoms with van der Waals surface area (Å²) in [5, 5.41) is 6.78. The molecule has 0 N–H and O–H groups in total. The van der Waals surface area contributed by atoms with Crippen molar-refractivity contribution in [1.29, 1.82) is 0 Å². The van der Waals surface area contributed by atoms with Crippen molar-refractivity contribution in [3.63, 3.8) is 0 Å². The predicted molar refractivity (Wildman–Crippen MR) is 138 cm³/mol. The number of aromatic nitrogens is 1. The van der Waals surface area contributed by atoms with E-state index in [-0.39, 0.29) is 6.42 Å². The van der Waals surface area contributed by atoms with Crippen LogP contribution in [-0.4, -0.2) is 6.18 Å². The molecule has 0 atom stereocenters. The predicted octanol–water partition coefficient (Wildman–Crippen LogP) is 8.54. The van der Waals surface area contributed by atoms with Crippen molar-refractivity contribution in [2.45, 2.75) is 43.2 Å². The molecule has 0 fully saturated rings. The van der Waals surface area contributed by atoms with Gasteiger partial charge in [0.15, 0.2) is 6.20 Å². The molecular weight excluding hydrogens is 463 g/mol. The maximum atomic E-state index is 13.6. The lowest BCUT2D eigenvalue weighted by molar-refractivity contribution is -0.659. The Balaban J connectivity index is 1.63. The third-order valence-electron chi connectivity index (χ3n) is 7.41. The van der Waals surface area contributed by atoms with Crippen LogP contribution in [0.25, 0.3) is 43.6 Å². The minimum atomic E-state index is -4.25. The van der Waals surface area contributed by atoms with E-state index in [2.05, 4.69) is 67.2 Å². The second-order valence-corrected chi connectivity index (χ2v) is 11.3. The monoisotopic (exact) mass is 488 g/mol. The summed E-state index contributed by atoms with van der Waals surface area (Å²) in [5.41, 5.74) is 2.57. The summed E-state index contributed by atoms with van der Waals surface area (Å²) in [5.74, 6) is 0. The van der Waals surface area contributed by atoms with Crippen molar-refractivity contribution in [2.24, 2.45) is 12.5 Å². The molecule has 1 aliphatic heterocycles. The van der Waals surface area contributed by atoms with Crippen molar-refractivity contribution in [1.82, 2.24) is 0 Å². The van der Waals surface area contributed by atoms with E-state index < -0.39 is 11.6 Å². The zero-order chi connectivity index (χ0) is 24.7. The molecule has 0 amide bonds. The Labute approximate surface area is 206 Å². The Hall–Kier alpha value is -3.05. The Bertz CT molecular complexity index is 1680. The second kappa shape index (κ2) is 7.47. The fourth-order valence-corrected chi connectivity index (χ4v) is 6.66. The van der Waals surface area contributed by atoms with Crippen LogP contribution in [0.5, 0.6) is 0 Å². The van der Waals surface area contributed by atoms with Crippen molar-refractivity contribution in [3.05, 3.63) is 78.0 Å². The number of aryl methyl sites for hydroxylation is 2. The Morgan fingerprint density at radius 1 is 0.829 bits per heavy atom. The molecule has 1 aliphatic rings. The van der Waals surface area contributed by atoms with Gasteiger partial charge in [0.25, 0.3) is 0 Å². The molecule has 1 nitrogen and oxygen atoms in total. The van der Waals surface area contributed by atoms with Gasteiger partial charge in [0.2, 0.25) is 5.69 Å². The summed E-state index contributed by atoms with van der Waals surface area (Å²) in [6, 6.07) is 20.8. The van der Waals surface area contributed by atoms with E-state index >= 15 is 0 Å². The lowest BCUT2D eigenvalue weighted by Gasteiger charge is -2.28. The average Bonchev–Trinajstić information content (AvgIpc) is 2.79. The number of halogens is 3.